The molecule has 1 aliphatic rings. The molecule has 82 valence electrons. The number of hydrogen-bond acceptors (Lipinski definition) is 4. The molecule has 0 amide bonds. The molecule has 1 atom stereocenters. The summed E-state index contributed by atoms with van der Waals surface area (Å²) < 4.78 is 6.94. The molecule has 2 rings (SSSR count). The fourth-order valence-electron chi connectivity index (χ4n) is 1.63. The van der Waals surface area contributed by atoms with Crippen molar-refractivity contribution in [1.29, 1.82) is 0 Å². The summed E-state index contributed by atoms with van der Waals surface area (Å²) in [4.78, 5) is 16.9. The second kappa shape index (κ2) is 3.54. The van der Waals surface area contributed by atoms with Crippen LogP contribution >= 0.6 is 0 Å². The molecule has 0 spiro atoms. The van der Waals surface area contributed by atoms with Gasteiger partial charge in [0.2, 0.25) is 0 Å². The molecule has 0 saturated carbocycles. The number of fused-ring (bicyclic) bond motifs is 1. The first-order valence-corrected chi connectivity index (χ1v) is 4.68. The minimum atomic E-state index is -0.872. The van der Waals surface area contributed by atoms with Crippen LogP contribution in [0.25, 0.3) is 0 Å². The fourth-order valence-corrected chi connectivity index (χ4v) is 1.63. The number of aromatic nitrogens is 2. The Labute approximate surface area is 87.1 Å². The minimum Gasteiger partial charge on any atom is -0.480 e. The summed E-state index contributed by atoms with van der Waals surface area (Å²) in [5, 5.41) is 8.92. The van der Waals surface area contributed by atoms with Gasteiger partial charge >= 0.3 is 5.97 Å². The van der Waals surface area contributed by atoms with Crippen molar-refractivity contribution in [2.24, 2.45) is 0 Å². The molecule has 2 heterocycles. The van der Waals surface area contributed by atoms with Gasteiger partial charge in [0.25, 0.3) is 0 Å². The average Bonchev–Trinajstić information content (AvgIpc) is 2.61. The molecular formula is C9H13N3O3. The Morgan fingerprint density at radius 3 is 3.13 bits per heavy atom. The molecule has 1 N–H and O–H groups in total. The van der Waals surface area contributed by atoms with Crippen molar-refractivity contribution in [3.8, 4) is 0 Å². The zero-order valence-corrected chi connectivity index (χ0v) is 8.67. The maximum absolute atomic E-state index is 10.9. The lowest BCUT2D eigenvalue weighted by Crippen LogP contribution is -2.28. The number of imidazole rings is 1. The van der Waals surface area contributed by atoms with Crippen molar-refractivity contribution in [3.05, 3.63) is 12.0 Å². The molecule has 6 heteroatoms. The maximum atomic E-state index is 10.9. The molecule has 0 aliphatic carbocycles. The van der Waals surface area contributed by atoms with Crippen LogP contribution < -0.4 is 4.90 Å². The van der Waals surface area contributed by atoms with Gasteiger partial charge in [-0.05, 0) is 6.92 Å². The second-order valence-electron chi connectivity index (χ2n) is 3.61. The number of hydrogen-bond donors (Lipinski definition) is 1. The number of aliphatic carboxylic acids is 1. The third kappa shape index (κ3) is 1.56. The van der Waals surface area contributed by atoms with Crippen molar-refractivity contribution >= 4 is 11.8 Å². The van der Waals surface area contributed by atoms with Crippen molar-refractivity contribution in [3.63, 3.8) is 0 Å². The maximum Gasteiger partial charge on any atom is 0.326 e. The van der Waals surface area contributed by atoms with Crippen LogP contribution in [0.2, 0.25) is 0 Å². The summed E-state index contributed by atoms with van der Waals surface area (Å²) >= 11 is 0. The molecule has 15 heavy (non-hydrogen) atoms. The van der Waals surface area contributed by atoms with Gasteiger partial charge in [-0.2, -0.15) is 0 Å². The molecule has 1 aromatic rings. The second-order valence-corrected chi connectivity index (χ2v) is 3.61. The fraction of sp³-hybridized carbons (Fsp3) is 0.556. The number of nitrogens with zero attached hydrogens (tertiary/aromatic N) is 3. The monoisotopic (exact) mass is 211 g/mol. The zero-order chi connectivity index (χ0) is 11.0. The normalized spacial score (nSPS) is 17.3. The van der Waals surface area contributed by atoms with Crippen LogP contribution in [0.1, 0.15) is 18.7 Å². The number of anilines is 1. The molecule has 0 bridgehead atoms. The predicted octanol–water partition coefficient (Wildman–Crippen LogP) is 0.453. The highest BCUT2D eigenvalue weighted by atomic mass is 16.5. The Bertz CT molecular complexity index is 388. The summed E-state index contributed by atoms with van der Waals surface area (Å²) in [6, 6.07) is -0.614. The highest BCUT2D eigenvalue weighted by molar-refractivity contribution is 5.71. The van der Waals surface area contributed by atoms with E-state index in [1.54, 1.807) is 17.8 Å². The first kappa shape index (κ1) is 9.97. The van der Waals surface area contributed by atoms with Crippen molar-refractivity contribution < 1.29 is 14.6 Å². The van der Waals surface area contributed by atoms with Crippen LogP contribution in [0.5, 0.6) is 0 Å². The Morgan fingerprint density at radius 2 is 2.47 bits per heavy atom. The molecular weight excluding hydrogens is 198 g/mol. The molecule has 0 saturated heterocycles. The van der Waals surface area contributed by atoms with Crippen molar-refractivity contribution in [2.75, 3.05) is 18.7 Å². The van der Waals surface area contributed by atoms with Gasteiger partial charge in [0.15, 0.2) is 5.82 Å². The highest BCUT2D eigenvalue weighted by Gasteiger charge is 2.24. The smallest absolute Gasteiger partial charge is 0.326 e. The summed E-state index contributed by atoms with van der Waals surface area (Å²) in [7, 11) is 1.86. The standard InChI is InChI=1S/C9H13N3O3/c1-6(9(13)14)12-4-10-8-7(12)3-15-5-11(8)2/h4,6H,3,5H2,1-2H3,(H,13,14)/t6-/m0/s1. The summed E-state index contributed by atoms with van der Waals surface area (Å²) in [5.74, 6) is -0.0715. The van der Waals surface area contributed by atoms with Gasteiger partial charge in [0.05, 0.1) is 18.6 Å². The third-order valence-electron chi connectivity index (χ3n) is 2.53. The molecule has 1 aromatic heterocycles. The number of carboxylic acids is 1. The SMILES string of the molecule is C[C@@H](C(=O)O)n1cnc2c1COCN2C. The topological polar surface area (TPSA) is 67.6 Å². The van der Waals surface area contributed by atoms with Gasteiger partial charge in [-0.15, -0.1) is 0 Å². The minimum absolute atomic E-state index is 0.414. The number of carbonyl (C=O) groups is 1. The number of rotatable bonds is 2. The quantitative estimate of drug-likeness (QED) is 0.769. The van der Waals surface area contributed by atoms with E-state index < -0.39 is 12.0 Å². The Kier molecular flexibility index (Phi) is 2.36. The first-order chi connectivity index (χ1) is 7.11. The zero-order valence-electron chi connectivity index (χ0n) is 8.67. The Hall–Kier alpha value is -1.56. The van der Waals surface area contributed by atoms with E-state index in [0.29, 0.717) is 13.3 Å². The Morgan fingerprint density at radius 1 is 1.73 bits per heavy atom. The highest BCUT2D eigenvalue weighted by Crippen LogP contribution is 2.25. The largest absolute Gasteiger partial charge is 0.480 e. The van der Waals surface area contributed by atoms with E-state index >= 15 is 0 Å². The van der Waals surface area contributed by atoms with Gasteiger partial charge < -0.3 is 19.3 Å². The van der Waals surface area contributed by atoms with E-state index in [1.165, 1.54) is 0 Å². The van der Waals surface area contributed by atoms with Gasteiger partial charge in [0, 0.05) is 7.05 Å². The lowest BCUT2D eigenvalue weighted by molar-refractivity contribution is -0.140. The Balaban J connectivity index is 2.38. The van der Waals surface area contributed by atoms with Crippen LogP contribution in [-0.4, -0.2) is 34.4 Å². The van der Waals surface area contributed by atoms with Crippen LogP contribution in [-0.2, 0) is 16.1 Å². The third-order valence-corrected chi connectivity index (χ3v) is 2.53. The molecule has 0 radical (unpaired) electrons. The van der Waals surface area contributed by atoms with Gasteiger partial charge in [-0.3, -0.25) is 0 Å². The van der Waals surface area contributed by atoms with E-state index in [4.69, 9.17) is 9.84 Å². The number of carboxylic acid groups (broad SMARTS) is 1. The average molecular weight is 211 g/mol. The van der Waals surface area contributed by atoms with E-state index in [1.807, 2.05) is 11.9 Å². The van der Waals surface area contributed by atoms with Gasteiger partial charge in [-0.1, -0.05) is 0 Å². The van der Waals surface area contributed by atoms with E-state index in [2.05, 4.69) is 4.98 Å². The lowest BCUT2D eigenvalue weighted by Gasteiger charge is -2.25. The summed E-state index contributed by atoms with van der Waals surface area (Å²) in [6.07, 6.45) is 1.55. The molecule has 1 aliphatic heterocycles. The van der Waals surface area contributed by atoms with E-state index in [9.17, 15) is 4.79 Å². The summed E-state index contributed by atoms with van der Waals surface area (Å²) in [6.45, 7) is 2.53. The molecule has 0 fully saturated rings. The van der Waals surface area contributed by atoms with Gasteiger partial charge in [0.1, 0.15) is 12.8 Å². The van der Waals surface area contributed by atoms with Crippen molar-refractivity contribution in [2.45, 2.75) is 19.6 Å². The van der Waals surface area contributed by atoms with Crippen LogP contribution in [0.3, 0.4) is 0 Å². The van der Waals surface area contributed by atoms with Crippen molar-refractivity contribution in [1.82, 2.24) is 9.55 Å². The molecule has 0 unspecified atom stereocenters. The number of ether oxygens (including phenoxy) is 1. The van der Waals surface area contributed by atoms with Crippen LogP contribution in [0.4, 0.5) is 5.82 Å². The lowest BCUT2D eigenvalue weighted by atomic mass is 10.3. The van der Waals surface area contributed by atoms with E-state index in [-0.39, 0.29) is 0 Å². The molecule has 0 aromatic carbocycles. The summed E-state index contributed by atoms with van der Waals surface area (Å²) in [5.41, 5.74) is 0.818. The van der Waals surface area contributed by atoms with E-state index in [0.717, 1.165) is 11.5 Å². The van der Waals surface area contributed by atoms with Crippen LogP contribution in [0.15, 0.2) is 6.33 Å². The first-order valence-electron chi connectivity index (χ1n) is 4.68. The molecule has 6 nitrogen and oxygen atoms in total. The van der Waals surface area contributed by atoms with Gasteiger partial charge in [-0.25, -0.2) is 9.78 Å². The van der Waals surface area contributed by atoms with Crippen LogP contribution in [0, 0.1) is 0 Å². The predicted molar refractivity (Wildman–Crippen MR) is 52.6 cm³/mol.